The second kappa shape index (κ2) is 5.40. The fourth-order valence-corrected chi connectivity index (χ4v) is 2.22. The van der Waals surface area contributed by atoms with Gasteiger partial charge in [-0.05, 0) is 37.1 Å². The lowest BCUT2D eigenvalue weighted by atomic mass is 9.96. The zero-order valence-electron chi connectivity index (χ0n) is 11.3. The van der Waals surface area contributed by atoms with Crippen molar-refractivity contribution in [2.75, 3.05) is 0 Å². The Labute approximate surface area is 109 Å². The maximum atomic E-state index is 6.26. The molecule has 0 amide bonds. The molecule has 0 aliphatic rings. The maximum absolute atomic E-state index is 6.26. The molecule has 2 nitrogen and oxygen atoms in total. The molecule has 1 atom stereocenters. The first-order valence-corrected chi connectivity index (χ1v) is 6.57. The van der Waals surface area contributed by atoms with E-state index in [1.807, 2.05) is 32.0 Å². The Morgan fingerprint density at radius 1 is 1.11 bits per heavy atom. The summed E-state index contributed by atoms with van der Waals surface area (Å²) in [6, 6.07) is 12.5. The number of hydrogen-bond acceptors (Lipinski definition) is 2. The van der Waals surface area contributed by atoms with Crippen LogP contribution in [0.15, 0.2) is 36.4 Å². The topological polar surface area (TPSA) is 35.2 Å². The summed E-state index contributed by atoms with van der Waals surface area (Å²) in [4.78, 5) is 0. The molecule has 0 spiro atoms. The lowest BCUT2D eigenvalue weighted by molar-refractivity contribution is 0.239. The summed E-state index contributed by atoms with van der Waals surface area (Å²) >= 11 is 0. The van der Waals surface area contributed by atoms with Gasteiger partial charge in [-0.2, -0.15) is 0 Å². The van der Waals surface area contributed by atoms with Gasteiger partial charge in [0.25, 0.3) is 0 Å². The van der Waals surface area contributed by atoms with Crippen molar-refractivity contribution >= 4 is 10.8 Å². The molecule has 0 fully saturated rings. The number of fused-ring (bicyclic) bond motifs is 1. The molecule has 0 aromatic heterocycles. The summed E-state index contributed by atoms with van der Waals surface area (Å²) in [7, 11) is 0. The van der Waals surface area contributed by atoms with Crippen molar-refractivity contribution in [1.29, 1.82) is 0 Å². The summed E-state index contributed by atoms with van der Waals surface area (Å²) in [5.74, 6) is 0.915. The lowest BCUT2D eigenvalue weighted by Crippen LogP contribution is -2.14. The van der Waals surface area contributed by atoms with Crippen LogP contribution in [0, 0.1) is 0 Å². The van der Waals surface area contributed by atoms with E-state index in [9.17, 15) is 0 Å². The molecule has 2 rings (SSSR count). The molecule has 0 saturated heterocycles. The predicted molar refractivity (Wildman–Crippen MR) is 76.9 cm³/mol. The molecule has 0 radical (unpaired) electrons. The van der Waals surface area contributed by atoms with E-state index in [0.29, 0.717) is 0 Å². The SMILES string of the molecule is CCC(N)c1c(OC(C)C)ccc2ccccc12. The van der Waals surface area contributed by atoms with Crippen molar-refractivity contribution in [2.45, 2.75) is 39.3 Å². The summed E-state index contributed by atoms with van der Waals surface area (Å²) in [6.45, 7) is 6.18. The van der Waals surface area contributed by atoms with Crippen LogP contribution in [0.25, 0.3) is 10.8 Å². The minimum atomic E-state index is 0.0184. The zero-order valence-corrected chi connectivity index (χ0v) is 11.3. The first-order chi connectivity index (χ1) is 8.63. The fraction of sp³-hybridized carbons (Fsp3) is 0.375. The summed E-state index contributed by atoms with van der Waals surface area (Å²) in [5.41, 5.74) is 7.39. The van der Waals surface area contributed by atoms with Gasteiger partial charge in [0.15, 0.2) is 0 Å². The number of benzene rings is 2. The highest BCUT2D eigenvalue weighted by atomic mass is 16.5. The Hall–Kier alpha value is -1.54. The van der Waals surface area contributed by atoms with Gasteiger partial charge < -0.3 is 10.5 Å². The molecule has 96 valence electrons. The second-order valence-electron chi connectivity index (χ2n) is 4.88. The van der Waals surface area contributed by atoms with E-state index in [0.717, 1.165) is 17.7 Å². The van der Waals surface area contributed by atoms with Crippen LogP contribution in [-0.4, -0.2) is 6.10 Å². The molecule has 0 bridgehead atoms. The average Bonchev–Trinajstić information content (AvgIpc) is 2.37. The monoisotopic (exact) mass is 243 g/mol. The molecule has 2 aromatic carbocycles. The van der Waals surface area contributed by atoms with Gasteiger partial charge >= 0.3 is 0 Å². The normalized spacial score (nSPS) is 12.9. The first-order valence-electron chi connectivity index (χ1n) is 6.57. The smallest absolute Gasteiger partial charge is 0.125 e. The molecule has 0 saturated carbocycles. The van der Waals surface area contributed by atoms with Crippen molar-refractivity contribution < 1.29 is 4.74 Å². The minimum absolute atomic E-state index is 0.0184. The second-order valence-corrected chi connectivity index (χ2v) is 4.88. The fourth-order valence-electron chi connectivity index (χ4n) is 2.22. The number of nitrogens with two attached hydrogens (primary N) is 1. The van der Waals surface area contributed by atoms with E-state index in [-0.39, 0.29) is 12.1 Å². The highest BCUT2D eigenvalue weighted by Crippen LogP contribution is 2.33. The summed E-state index contributed by atoms with van der Waals surface area (Å²) in [6.07, 6.45) is 1.07. The predicted octanol–water partition coefficient (Wildman–Crippen LogP) is 4.04. The van der Waals surface area contributed by atoms with Gasteiger partial charge in [0.2, 0.25) is 0 Å². The molecule has 0 heterocycles. The molecular weight excluding hydrogens is 222 g/mol. The zero-order chi connectivity index (χ0) is 13.1. The van der Waals surface area contributed by atoms with Gasteiger partial charge in [-0.1, -0.05) is 37.3 Å². The van der Waals surface area contributed by atoms with Gasteiger partial charge in [0.1, 0.15) is 5.75 Å². The summed E-state index contributed by atoms with van der Waals surface area (Å²) < 4.78 is 5.90. The molecule has 0 aliphatic heterocycles. The highest BCUT2D eigenvalue weighted by molar-refractivity contribution is 5.88. The Kier molecular flexibility index (Phi) is 3.87. The van der Waals surface area contributed by atoms with Crippen LogP contribution >= 0.6 is 0 Å². The third kappa shape index (κ3) is 2.49. The van der Waals surface area contributed by atoms with Crippen molar-refractivity contribution in [2.24, 2.45) is 5.73 Å². The molecular formula is C16H21NO. The highest BCUT2D eigenvalue weighted by Gasteiger charge is 2.15. The molecule has 2 aromatic rings. The lowest BCUT2D eigenvalue weighted by Gasteiger charge is -2.20. The van der Waals surface area contributed by atoms with Crippen LogP contribution in [0.3, 0.4) is 0 Å². The molecule has 2 heteroatoms. The van der Waals surface area contributed by atoms with E-state index in [1.165, 1.54) is 10.8 Å². The van der Waals surface area contributed by atoms with Crippen LogP contribution in [0.2, 0.25) is 0 Å². The third-order valence-electron chi connectivity index (χ3n) is 3.10. The first kappa shape index (κ1) is 12.9. The van der Waals surface area contributed by atoms with E-state index in [1.54, 1.807) is 0 Å². The largest absolute Gasteiger partial charge is 0.491 e. The Morgan fingerprint density at radius 2 is 1.83 bits per heavy atom. The minimum Gasteiger partial charge on any atom is -0.491 e. The molecule has 1 unspecified atom stereocenters. The Balaban J connectivity index is 2.63. The van der Waals surface area contributed by atoms with Crippen molar-refractivity contribution in [3.05, 3.63) is 42.0 Å². The maximum Gasteiger partial charge on any atom is 0.125 e. The van der Waals surface area contributed by atoms with Gasteiger partial charge in [-0.15, -0.1) is 0 Å². The van der Waals surface area contributed by atoms with Crippen LogP contribution in [0.4, 0.5) is 0 Å². The Morgan fingerprint density at radius 3 is 2.50 bits per heavy atom. The number of rotatable bonds is 4. The van der Waals surface area contributed by atoms with E-state index in [4.69, 9.17) is 10.5 Å². The molecule has 2 N–H and O–H groups in total. The Bertz CT molecular complexity index is 534. The molecule has 18 heavy (non-hydrogen) atoms. The quantitative estimate of drug-likeness (QED) is 0.879. The van der Waals surface area contributed by atoms with E-state index in [2.05, 4.69) is 25.1 Å². The third-order valence-corrected chi connectivity index (χ3v) is 3.10. The summed E-state index contributed by atoms with van der Waals surface area (Å²) in [5, 5.41) is 2.41. The van der Waals surface area contributed by atoms with Crippen LogP contribution in [-0.2, 0) is 0 Å². The van der Waals surface area contributed by atoms with Gasteiger partial charge in [0, 0.05) is 11.6 Å². The molecule has 0 aliphatic carbocycles. The standard InChI is InChI=1S/C16H21NO/c1-4-14(17)16-13-8-6-5-7-12(13)9-10-15(16)18-11(2)3/h5-11,14H,4,17H2,1-3H3. The van der Waals surface area contributed by atoms with Crippen molar-refractivity contribution in [3.8, 4) is 5.75 Å². The van der Waals surface area contributed by atoms with Crippen LogP contribution < -0.4 is 10.5 Å². The van der Waals surface area contributed by atoms with Gasteiger partial charge in [-0.3, -0.25) is 0 Å². The average molecular weight is 243 g/mol. The van der Waals surface area contributed by atoms with Crippen LogP contribution in [0.5, 0.6) is 5.75 Å². The van der Waals surface area contributed by atoms with E-state index >= 15 is 0 Å². The van der Waals surface area contributed by atoms with Crippen LogP contribution in [0.1, 0.15) is 38.8 Å². The number of ether oxygens (including phenoxy) is 1. The van der Waals surface area contributed by atoms with Gasteiger partial charge in [-0.25, -0.2) is 0 Å². The van der Waals surface area contributed by atoms with Crippen molar-refractivity contribution in [1.82, 2.24) is 0 Å². The van der Waals surface area contributed by atoms with E-state index < -0.39 is 0 Å². The van der Waals surface area contributed by atoms with Crippen molar-refractivity contribution in [3.63, 3.8) is 0 Å². The van der Waals surface area contributed by atoms with Gasteiger partial charge in [0.05, 0.1) is 6.10 Å². The number of hydrogen-bond donors (Lipinski definition) is 1.